The van der Waals surface area contributed by atoms with Gasteiger partial charge in [-0.05, 0) is 38.0 Å². The molecule has 0 aromatic heterocycles. The summed E-state index contributed by atoms with van der Waals surface area (Å²) < 4.78 is 5.32. The molecule has 1 heterocycles. The van der Waals surface area contributed by atoms with Gasteiger partial charge in [0.2, 0.25) is 0 Å². The van der Waals surface area contributed by atoms with Gasteiger partial charge in [0.25, 0.3) is 0 Å². The molecule has 0 radical (unpaired) electrons. The number of rotatable bonds is 2. The molecule has 0 bridgehead atoms. The third-order valence-electron chi connectivity index (χ3n) is 3.13. The third-order valence-corrected chi connectivity index (χ3v) is 3.13. The van der Waals surface area contributed by atoms with Gasteiger partial charge in [-0.15, -0.1) is 0 Å². The minimum Gasteiger partial charge on any atom is -0.381 e. The lowest BCUT2D eigenvalue weighted by molar-refractivity contribution is 0.0671. The van der Waals surface area contributed by atoms with Crippen molar-refractivity contribution in [1.29, 1.82) is 0 Å². The molecule has 0 atom stereocenters. The highest BCUT2D eigenvalue weighted by molar-refractivity contribution is 5.15. The van der Waals surface area contributed by atoms with Crippen LogP contribution in [0.2, 0.25) is 0 Å². The van der Waals surface area contributed by atoms with Crippen LogP contribution < -0.4 is 5.73 Å². The molecule has 2 heteroatoms. The molecule has 2 N–H and O–H groups in total. The summed E-state index contributed by atoms with van der Waals surface area (Å²) in [6, 6.07) is 0.459. The predicted octanol–water partition coefficient (Wildman–Crippen LogP) is 1.85. The Balaban J connectivity index is 1.69. The van der Waals surface area contributed by atoms with E-state index in [1.54, 1.807) is 5.57 Å². The molecule has 13 heavy (non-hydrogen) atoms. The van der Waals surface area contributed by atoms with Gasteiger partial charge >= 0.3 is 0 Å². The molecule has 1 saturated heterocycles. The number of hydrogen-bond donors (Lipinski definition) is 1. The molecule has 0 aromatic rings. The Morgan fingerprint density at radius 2 is 2.00 bits per heavy atom. The monoisotopic (exact) mass is 181 g/mol. The molecular formula is C11H19NO. The quantitative estimate of drug-likeness (QED) is 0.660. The molecule has 2 aliphatic rings. The molecular weight excluding hydrogens is 162 g/mol. The van der Waals surface area contributed by atoms with E-state index in [9.17, 15) is 0 Å². The lowest BCUT2D eigenvalue weighted by Crippen LogP contribution is -2.30. The summed E-state index contributed by atoms with van der Waals surface area (Å²) in [6.45, 7) is 1.93. The fourth-order valence-electron chi connectivity index (χ4n) is 2.10. The average Bonchev–Trinajstić information content (AvgIpc) is 2.12. The lowest BCUT2D eigenvalue weighted by Gasteiger charge is -2.27. The first-order chi connectivity index (χ1) is 6.34. The first-order valence-corrected chi connectivity index (χ1v) is 5.36. The second kappa shape index (κ2) is 4.25. The standard InChI is InChI=1S/C11H19NO/c12-11-7-10(8-11)2-1-9-3-5-13-6-4-9/h2,9,11H,1,3-8,12H2. The second-order valence-corrected chi connectivity index (χ2v) is 4.32. The van der Waals surface area contributed by atoms with Crippen molar-refractivity contribution in [3.8, 4) is 0 Å². The molecule has 1 aliphatic heterocycles. The lowest BCUT2D eigenvalue weighted by atomic mass is 9.84. The third kappa shape index (κ3) is 2.55. The zero-order valence-electron chi connectivity index (χ0n) is 8.17. The number of nitrogens with two attached hydrogens (primary N) is 1. The summed E-state index contributed by atoms with van der Waals surface area (Å²) in [4.78, 5) is 0. The maximum Gasteiger partial charge on any atom is 0.0468 e. The van der Waals surface area contributed by atoms with E-state index in [0.717, 1.165) is 32.0 Å². The Labute approximate surface area is 80.1 Å². The highest BCUT2D eigenvalue weighted by atomic mass is 16.5. The van der Waals surface area contributed by atoms with E-state index < -0.39 is 0 Å². The van der Waals surface area contributed by atoms with Gasteiger partial charge in [0.1, 0.15) is 0 Å². The fourth-order valence-corrected chi connectivity index (χ4v) is 2.10. The normalized spacial score (nSPS) is 29.9. The van der Waals surface area contributed by atoms with Crippen LogP contribution in [0.1, 0.15) is 32.1 Å². The first-order valence-electron chi connectivity index (χ1n) is 5.36. The van der Waals surface area contributed by atoms with Gasteiger partial charge in [-0.2, -0.15) is 0 Å². The summed E-state index contributed by atoms with van der Waals surface area (Å²) in [6.07, 6.45) is 8.45. The van der Waals surface area contributed by atoms with Crippen LogP contribution in [0.5, 0.6) is 0 Å². The highest BCUT2D eigenvalue weighted by Gasteiger charge is 2.19. The summed E-state index contributed by atoms with van der Waals surface area (Å²) in [7, 11) is 0. The molecule has 74 valence electrons. The zero-order valence-corrected chi connectivity index (χ0v) is 8.17. The van der Waals surface area contributed by atoms with Crippen molar-refractivity contribution in [3.05, 3.63) is 11.6 Å². The molecule has 0 unspecified atom stereocenters. The molecule has 2 nitrogen and oxygen atoms in total. The van der Waals surface area contributed by atoms with E-state index in [4.69, 9.17) is 10.5 Å². The molecule has 1 aliphatic carbocycles. The van der Waals surface area contributed by atoms with Crippen molar-refractivity contribution in [2.75, 3.05) is 13.2 Å². The fraction of sp³-hybridized carbons (Fsp3) is 0.818. The smallest absolute Gasteiger partial charge is 0.0468 e. The van der Waals surface area contributed by atoms with Gasteiger partial charge in [-0.1, -0.05) is 11.6 Å². The van der Waals surface area contributed by atoms with Crippen LogP contribution >= 0.6 is 0 Å². The predicted molar refractivity (Wildman–Crippen MR) is 53.5 cm³/mol. The van der Waals surface area contributed by atoms with Gasteiger partial charge in [-0.3, -0.25) is 0 Å². The molecule has 2 fully saturated rings. The van der Waals surface area contributed by atoms with E-state index in [1.807, 2.05) is 0 Å². The molecule has 0 spiro atoms. The van der Waals surface area contributed by atoms with Gasteiger partial charge in [-0.25, -0.2) is 0 Å². The van der Waals surface area contributed by atoms with Crippen molar-refractivity contribution in [1.82, 2.24) is 0 Å². The van der Waals surface area contributed by atoms with Crippen molar-refractivity contribution < 1.29 is 4.74 Å². The Morgan fingerprint density at radius 3 is 2.62 bits per heavy atom. The highest BCUT2D eigenvalue weighted by Crippen LogP contribution is 2.27. The molecule has 2 rings (SSSR count). The molecule has 0 aromatic carbocycles. The van der Waals surface area contributed by atoms with E-state index in [0.29, 0.717) is 6.04 Å². The Morgan fingerprint density at radius 1 is 1.31 bits per heavy atom. The van der Waals surface area contributed by atoms with E-state index in [2.05, 4.69) is 6.08 Å². The molecule has 0 amide bonds. The van der Waals surface area contributed by atoms with Gasteiger partial charge in [0.05, 0.1) is 0 Å². The van der Waals surface area contributed by atoms with Crippen molar-refractivity contribution in [2.24, 2.45) is 11.7 Å². The van der Waals surface area contributed by atoms with Crippen LogP contribution in [0.3, 0.4) is 0 Å². The van der Waals surface area contributed by atoms with Crippen LogP contribution in [0.25, 0.3) is 0 Å². The van der Waals surface area contributed by atoms with Crippen molar-refractivity contribution in [2.45, 2.75) is 38.1 Å². The maximum atomic E-state index is 5.72. The number of ether oxygens (including phenoxy) is 1. The van der Waals surface area contributed by atoms with Gasteiger partial charge < -0.3 is 10.5 Å². The summed E-state index contributed by atoms with van der Waals surface area (Å²) in [5.74, 6) is 0.873. The van der Waals surface area contributed by atoms with Crippen LogP contribution in [-0.4, -0.2) is 19.3 Å². The second-order valence-electron chi connectivity index (χ2n) is 4.32. The van der Waals surface area contributed by atoms with Crippen molar-refractivity contribution in [3.63, 3.8) is 0 Å². The summed E-state index contributed by atoms with van der Waals surface area (Å²) in [5, 5.41) is 0. The minimum atomic E-state index is 0.459. The Bertz CT molecular complexity index is 186. The van der Waals surface area contributed by atoms with Crippen molar-refractivity contribution >= 4 is 0 Å². The van der Waals surface area contributed by atoms with Gasteiger partial charge in [0.15, 0.2) is 0 Å². The Kier molecular flexibility index (Phi) is 3.01. The van der Waals surface area contributed by atoms with Crippen LogP contribution in [0.15, 0.2) is 11.6 Å². The zero-order chi connectivity index (χ0) is 9.10. The van der Waals surface area contributed by atoms with E-state index >= 15 is 0 Å². The van der Waals surface area contributed by atoms with Gasteiger partial charge in [0, 0.05) is 19.3 Å². The number of allylic oxidation sites excluding steroid dienone is 1. The van der Waals surface area contributed by atoms with Crippen LogP contribution in [-0.2, 0) is 4.74 Å². The topological polar surface area (TPSA) is 35.2 Å². The SMILES string of the molecule is NC1CC(=CCC2CCOCC2)C1. The molecule has 1 saturated carbocycles. The first kappa shape index (κ1) is 9.22. The maximum absolute atomic E-state index is 5.72. The average molecular weight is 181 g/mol. The van der Waals surface area contributed by atoms with E-state index in [-0.39, 0.29) is 0 Å². The largest absolute Gasteiger partial charge is 0.381 e. The number of hydrogen-bond acceptors (Lipinski definition) is 2. The minimum absolute atomic E-state index is 0.459. The summed E-state index contributed by atoms with van der Waals surface area (Å²) >= 11 is 0. The van der Waals surface area contributed by atoms with E-state index in [1.165, 1.54) is 19.3 Å². The Hall–Kier alpha value is -0.340. The summed E-state index contributed by atoms with van der Waals surface area (Å²) in [5.41, 5.74) is 7.30. The van der Waals surface area contributed by atoms with Crippen LogP contribution in [0, 0.1) is 5.92 Å². The van der Waals surface area contributed by atoms with Crippen LogP contribution in [0.4, 0.5) is 0 Å².